The molecule has 1 aliphatic heterocycles. The highest BCUT2D eigenvalue weighted by Crippen LogP contribution is 2.30. The second-order valence-electron chi connectivity index (χ2n) is 7.71. The Kier molecular flexibility index (Phi) is 6.07. The van der Waals surface area contributed by atoms with E-state index in [1.165, 1.54) is 10.9 Å². The largest absolute Gasteiger partial charge is 0.367 e. The van der Waals surface area contributed by atoms with Gasteiger partial charge in [-0.05, 0) is 49.7 Å². The number of para-hydroxylation sites is 1. The van der Waals surface area contributed by atoms with E-state index in [-0.39, 0.29) is 5.91 Å². The minimum absolute atomic E-state index is 0.0301. The number of nitrogens with zero attached hydrogens (tertiary/aromatic N) is 2. The van der Waals surface area contributed by atoms with Crippen LogP contribution in [0.2, 0.25) is 5.02 Å². The first-order chi connectivity index (χ1) is 14.1. The number of aromatic amines is 1. The first kappa shape index (κ1) is 19.8. The third-order valence-electron chi connectivity index (χ3n) is 5.60. The lowest BCUT2D eigenvalue weighted by Gasteiger charge is -2.35. The molecule has 3 aromatic rings. The summed E-state index contributed by atoms with van der Waals surface area (Å²) in [5.74, 6) is 0.0301. The van der Waals surface area contributed by atoms with Crippen molar-refractivity contribution in [1.29, 1.82) is 0 Å². The molecular weight excluding hydrogens is 384 g/mol. The maximum atomic E-state index is 12.6. The van der Waals surface area contributed by atoms with E-state index in [9.17, 15) is 4.79 Å². The summed E-state index contributed by atoms with van der Waals surface area (Å²) in [6, 6.07) is 14.0. The second kappa shape index (κ2) is 8.89. The summed E-state index contributed by atoms with van der Waals surface area (Å²) >= 11 is 6.21. The molecule has 1 aliphatic rings. The molecule has 2 N–H and O–H groups in total. The number of benzene rings is 2. The van der Waals surface area contributed by atoms with Crippen LogP contribution in [0.1, 0.15) is 18.4 Å². The molecule has 0 spiro atoms. The SMILES string of the molecule is CN1CCN(c2ccc(Cl)cc2NC(=O)CCCc2c[nH]c3ccccc23)CC1. The van der Waals surface area contributed by atoms with E-state index in [2.05, 4.69) is 39.3 Å². The number of halogens is 1. The van der Waals surface area contributed by atoms with Crippen molar-refractivity contribution in [2.75, 3.05) is 43.4 Å². The Balaban J connectivity index is 1.37. The number of rotatable bonds is 6. The zero-order valence-electron chi connectivity index (χ0n) is 16.7. The number of anilines is 2. The Morgan fingerprint density at radius 2 is 1.93 bits per heavy atom. The van der Waals surface area contributed by atoms with Gasteiger partial charge < -0.3 is 20.1 Å². The molecule has 0 saturated carbocycles. The van der Waals surface area contributed by atoms with Gasteiger partial charge >= 0.3 is 0 Å². The van der Waals surface area contributed by atoms with Crippen molar-refractivity contribution in [3.8, 4) is 0 Å². The zero-order chi connectivity index (χ0) is 20.2. The second-order valence-corrected chi connectivity index (χ2v) is 8.15. The number of hydrogen-bond donors (Lipinski definition) is 2. The first-order valence-electron chi connectivity index (χ1n) is 10.2. The summed E-state index contributed by atoms with van der Waals surface area (Å²) < 4.78 is 0. The minimum Gasteiger partial charge on any atom is -0.367 e. The molecule has 4 rings (SSSR count). The predicted octanol–water partition coefficient (Wildman–Crippen LogP) is 4.53. The summed E-state index contributed by atoms with van der Waals surface area (Å²) in [4.78, 5) is 20.5. The average molecular weight is 411 g/mol. The number of carbonyl (C=O) groups is 1. The van der Waals surface area contributed by atoms with Gasteiger partial charge in [-0.2, -0.15) is 0 Å². The maximum Gasteiger partial charge on any atom is 0.224 e. The lowest BCUT2D eigenvalue weighted by molar-refractivity contribution is -0.116. The van der Waals surface area contributed by atoms with E-state index in [4.69, 9.17) is 11.6 Å². The van der Waals surface area contributed by atoms with Crippen LogP contribution in [0.25, 0.3) is 10.9 Å². The molecule has 0 aliphatic carbocycles. The summed E-state index contributed by atoms with van der Waals surface area (Å²) in [5, 5.41) is 4.96. The molecule has 1 saturated heterocycles. The normalized spacial score (nSPS) is 15.0. The molecule has 29 heavy (non-hydrogen) atoms. The Hall–Kier alpha value is -2.50. The topological polar surface area (TPSA) is 51.4 Å². The highest BCUT2D eigenvalue weighted by Gasteiger charge is 2.18. The molecule has 0 atom stereocenters. The number of carbonyl (C=O) groups excluding carboxylic acids is 1. The molecule has 0 bridgehead atoms. The van der Waals surface area contributed by atoms with E-state index < -0.39 is 0 Å². The van der Waals surface area contributed by atoms with E-state index in [0.717, 1.165) is 55.9 Å². The molecule has 0 radical (unpaired) electrons. The Bertz CT molecular complexity index is 991. The van der Waals surface area contributed by atoms with Gasteiger partial charge in [-0.1, -0.05) is 29.8 Å². The van der Waals surface area contributed by atoms with Gasteiger partial charge in [0.25, 0.3) is 0 Å². The fourth-order valence-corrected chi connectivity index (χ4v) is 4.09. The van der Waals surface area contributed by atoms with Gasteiger partial charge in [-0.3, -0.25) is 4.79 Å². The molecule has 1 amide bonds. The van der Waals surface area contributed by atoms with Gasteiger partial charge in [0, 0.05) is 54.7 Å². The number of hydrogen-bond acceptors (Lipinski definition) is 3. The van der Waals surface area contributed by atoms with Gasteiger partial charge in [0.1, 0.15) is 0 Å². The minimum atomic E-state index is 0.0301. The molecule has 6 heteroatoms. The van der Waals surface area contributed by atoms with Gasteiger partial charge in [0.2, 0.25) is 5.91 Å². The van der Waals surface area contributed by atoms with Gasteiger partial charge in [0.15, 0.2) is 0 Å². The number of H-pyrrole nitrogens is 1. The van der Waals surface area contributed by atoms with Crippen molar-refractivity contribution < 1.29 is 4.79 Å². The number of aromatic nitrogens is 1. The van der Waals surface area contributed by atoms with Crippen LogP contribution in [0.3, 0.4) is 0 Å². The number of aryl methyl sites for hydroxylation is 1. The Morgan fingerprint density at radius 3 is 2.76 bits per heavy atom. The zero-order valence-corrected chi connectivity index (χ0v) is 17.5. The van der Waals surface area contributed by atoms with Crippen LogP contribution in [0.15, 0.2) is 48.7 Å². The van der Waals surface area contributed by atoms with Crippen molar-refractivity contribution in [3.05, 3.63) is 59.2 Å². The van der Waals surface area contributed by atoms with Crippen LogP contribution in [0.5, 0.6) is 0 Å². The number of fused-ring (bicyclic) bond motifs is 1. The summed E-state index contributed by atoms with van der Waals surface area (Å²) in [5.41, 5.74) is 4.25. The van der Waals surface area contributed by atoms with E-state index in [0.29, 0.717) is 11.4 Å². The number of likely N-dealkylation sites (N-methyl/N-ethyl adjacent to an activating group) is 1. The number of amides is 1. The lowest BCUT2D eigenvalue weighted by atomic mass is 10.1. The fraction of sp³-hybridized carbons (Fsp3) is 0.348. The Labute approximate surface area is 176 Å². The average Bonchev–Trinajstić information content (AvgIpc) is 3.12. The third kappa shape index (κ3) is 4.74. The highest BCUT2D eigenvalue weighted by atomic mass is 35.5. The quantitative estimate of drug-likeness (QED) is 0.627. The fourth-order valence-electron chi connectivity index (χ4n) is 3.92. The molecule has 1 fully saturated rings. The standard InChI is InChI=1S/C23H27ClN4O/c1-27-11-13-28(14-12-27)22-10-9-18(24)15-21(22)26-23(29)8-4-5-17-16-25-20-7-3-2-6-19(17)20/h2-3,6-7,9-10,15-16,25H,4-5,8,11-14H2,1H3,(H,26,29). The van der Waals surface area contributed by atoms with Gasteiger partial charge in [-0.15, -0.1) is 0 Å². The summed E-state index contributed by atoms with van der Waals surface area (Å²) in [6.45, 7) is 3.92. The van der Waals surface area contributed by atoms with E-state index in [1.54, 1.807) is 0 Å². The number of nitrogens with one attached hydrogen (secondary N) is 2. The number of piperazine rings is 1. The van der Waals surface area contributed by atoms with Gasteiger partial charge in [0.05, 0.1) is 11.4 Å². The molecule has 2 heterocycles. The molecule has 2 aromatic carbocycles. The lowest BCUT2D eigenvalue weighted by Crippen LogP contribution is -2.44. The van der Waals surface area contributed by atoms with Crippen molar-refractivity contribution in [2.24, 2.45) is 0 Å². The molecular formula is C23H27ClN4O. The van der Waals surface area contributed by atoms with Crippen molar-refractivity contribution in [1.82, 2.24) is 9.88 Å². The summed E-state index contributed by atoms with van der Waals surface area (Å²) in [7, 11) is 2.13. The highest BCUT2D eigenvalue weighted by molar-refractivity contribution is 6.31. The van der Waals surface area contributed by atoms with Crippen LogP contribution in [0.4, 0.5) is 11.4 Å². The monoisotopic (exact) mass is 410 g/mol. The van der Waals surface area contributed by atoms with Crippen LogP contribution in [-0.2, 0) is 11.2 Å². The van der Waals surface area contributed by atoms with Crippen LogP contribution >= 0.6 is 11.6 Å². The van der Waals surface area contributed by atoms with Crippen molar-refractivity contribution in [3.63, 3.8) is 0 Å². The predicted molar refractivity (Wildman–Crippen MR) is 121 cm³/mol. The third-order valence-corrected chi connectivity index (χ3v) is 5.84. The molecule has 152 valence electrons. The maximum absolute atomic E-state index is 12.6. The van der Waals surface area contributed by atoms with E-state index in [1.807, 2.05) is 36.5 Å². The summed E-state index contributed by atoms with van der Waals surface area (Å²) in [6.07, 6.45) is 4.20. The molecule has 0 unspecified atom stereocenters. The van der Waals surface area contributed by atoms with E-state index >= 15 is 0 Å². The molecule has 1 aromatic heterocycles. The van der Waals surface area contributed by atoms with Crippen molar-refractivity contribution >= 4 is 39.8 Å². The smallest absolute Gasteiger partial charge is 0.224 e. The Morgan fingerprint density at radius 1 is 1.14 bits per heavy atom. The first-order valence-corrected chi connectivity index (χ1v) is 10.6. The van der Waals surface area contributed by atoms with Crippen LogP contribution in [0, 0.1) is 0 Å². The van der Waals surface area contributed by atoms with Gasteiger partial charge in [-0.25, -0.2) is 0 Å². The van der Waals surface area contributed by atoms with Crippen LogP contribution in [-0.4, -0.2) is 49.0 Å². The molecule has 5 nitrogen and oxygen atoms in total. The van der Waals surface area contributed by atoms with Crippen molar-refractivity contribution in [2.45, 2.75) is 19.3 Å². The van der Waals surface area contributed by atoms with Crippen LogP contribution < -0.4 is 10.2 Å².